The van der Waals surface area contributed by atoms with Gasteiger partial charge < -0.3 is 5.32 Å². The SMILES string of the molecule is N#Cc1ccccc1-c1ccc(CC2=CC3CCCC(C2)N3)cc1. The maximum Gasteiger partial charge on any atom is 0.0998 e. The summed E-state index contributed by atoms with van der Waals surface area (Å²) in [7, 11) is 0. The van der Waals surface area contributed by atoms with Crippen molar-refractivity contribution in [1.82, 2.24) is 5.32 Å². The second-order valence-corrected chi connectivity index (χ2v) is 6.96. The van der Waals surface area contributed by atoms with Crippen molar-refractivity contribution in [2.24, 2.45) is 0 Å². The summed E-state index contributed by atoms with van der Waals surface area (Å²) in [4.78, 5) is 0. The summed E-state index contributed by atoms with van der Waals surface area (Å²) in [5.41, 5.74) is 5.81. The van der Waals surface area contributed by atoms with E-state index in [0.717, 1.165) is 23.1 Å². The monoisotopic (exact) mass is 314 g/mol. The molecule has 0 amide bonds. The third-order valence-corrected chi connectivity index (χ3v) is 5.21. The summed E-state index contributed by atoms with van der Waals surface area (Å²) in [5, 5.41) is 13.0. The van der Waals surface area contributed by atoms with E-state index in [2.05, 4.69) is 41.7 Å². The van der Waals surface area contributed by atoms with Crippen LogP contribution in [0.15, 0.2) is 60.2 Å². The van der Waals surface area contributed by atoms with Crippen LogP contribution in [0.5, 0.6) is 0 Å². The fourth-order valence-electron chi connectivity index (χ4n) is 4.04. The van der Waals surface area contributed by atoms with Crippen molar-refractivity contribution < 1.29 is 0 Å². The molecule has 2 aliphatic heterocycles. The summed E-state index contributed by atoms with van der Waals surface area (Å²) >= 11 is 0. The molecule has 2 heteroatoms. The zero-order chi connectivity index (χ0) is 16.4. The van der Waals surface area contributed by atoms with Crippen LogP contribution in [0, 0.1) is 11.3 Å². The van der Waals surface area contributed by atoms with Gasteiger partial charge in [0.25, 0.3) is 0 Å². The standard InChI is InChI=1S/C22H22N2/c23-15-19-4-1-2-7-22(19)18-10-8-16(9-11-18)12-17-13-20-5-3-6-21(14-17)24-20/h1-2,4,7-11,13,20-21,24H,3,5-6,12,14H2. The molecule has 1 fully saturated rings. The Morgan fingerprint density at radius 3 is 2.67 bits per heavy atom. The largest absolute Gasteiger partial charge is 0.307 e. The first-order chi connectivity index (χ1) is 11.8. The van der Waals surface area contributed by atoms with Crippen molar-refractivity contribution in [2.75, 3.05) is 0 Å². The van der Waals surface area contributed by atoms with E-state index < -0.39 is 0 Å². The van der Waals surface area contributed by atoms with E-state index in [-0.39, 0.29) is 0 Å². The van der Waals surface area contributed by atoms with Crippen LogP contribution in [0.1, 0.15) is 36.8 Å². The minimum absolute atomic E-state index is 0.592. The lowest BCUT2D eigenvalue weighted by atomic mass is 9.85. The number of nitrogens with one attached hydrogen (secondary N) is 1. The van der Waals surface area contributed by atoms with Gasteiger partial charge in [0, 0.05) is 12.1 Å². The van der Waals surface area contributed by atoms with Crippen LogP contribution < -0.4 is 5.32 Å². The zero-order valence-electron chi connectivity index (χ0n) is 13.8. The highest BCUT2D eigenvalue weighted by molar-refractivity contribution is 5.70. The number of benzene rings is 2. The molecule has 2 atom stereocenters. The second kappa shape index (κ2) is 6.63. The van der Waals surface area contributed by atoms with Crippen LogP contribution in [0.3, 0.4) is 0 Å². The van der Waals surface area contributed by atoms with E-state index in [1.807, 2.05) is 24.3 Å². The minimum Gasteiger partial charge on any atom is -0.307 e. The summed E-state index contributed by atoms with van der Waals surface area (Å²) in [6, 6.07) is 20.1. The average molecular weight is 314 g/mol. The van der Waals surface area contributed by atoms with Crippen LogP contribution in [0.2, 0.25) is 0 Å². The van der Waals surface area contributed by atoms with Gasteiger partial charge in [-0.2, -0.15) is 5.26 Å². The molecule has 0 aliphatic carbocycles. The summed E-state index contributed by atoms with van der Waals surface area (Å²) in [5.74, 6) is 0. The molecule has 0 aromatic heterocycles. The molecular formula is C22H22N2. The summed E-state index contributed by atoms with van der Waals surface area (Å²) in [6.07, 6.45) is 8.65. The minimum atomic E-state index is 0.592. The Morgan fingerprint density at radius 2 is 1.88 bits per heavy atom. The third-order valence-electron chi connectivity index (χ3n) is 5.21. The number of fused-ring (bicyclic) bond motifs is 2. The van der Waals surface area contributed by atoms with Crippen molar-refractivity contribution in [3.05, 3.63) is 71.3 Å². The molecule has 1 saturated heterocycles. The smallest absolute Gasteiger partial charge is 0.0998 e. The highest BCUT2D eigenvalue weighted by atomic mass is 15.0. The lowest BCUT2D eigenvalue weighted by molar-refractivity contribution is 0.333. The van der Waals surface area contributed by atoms with Gasteiger partial charge >= 0.3 is 0 Å². The van der Waals surface area contributed by atoms with Crippen LogP contribution in [0.4, 0.5) is 0 Å². The summed E-state index contributed by atoms with van der Waals surface area (Å²) in [6.45, 7) is 0. The highest BCUT2D eigenvalue weighted by Crippen LogP contribution is 2.28. The van der Waals surface area contributed by atoms with Crippen LogP contribution in [-0.2, 0) is 6.42 Å². The molecule has 4 rings (SSSR count). The lowest BCUT2D eigenvalue weighted by Gasteiger charge is -2.35. The lowest BCUT2D eigenvalue weighted by Crippen LogP contribution is -2.44. The predicted molar refractivity (Wildman–Crippen MR) is 97.6 cm³/mol. The summed E-state index contributed by atoms with van der Waals surface area (Å²) < 4.78 is 0. The maximum absolute atomic E-state index is 9.27. The number of nitrogens with zero attached hydrogens (tertiary/aromatic N) is 1. The van der Waals surface area contributed by atoms with E-state index in [1.54, 1.807) is 5.57 Å². The van der Waals surface area contributed by atoms with E-state index >= 15 is 0 Å². The van der Waals surface area contributed by atoms with Crippen molar-refractivity contribution in [3.8, 4) is 17.2 Å². The Hall–Kier alpha value is -2.37. The average Bonchev–Trinajstić information content (AvgIpc) is 2.62. The normalized spacial score (nSPS) is 22.5. The van der Waals surface area contributed by atoms with Crippen molar-refractivity contribution >= 4 is 0 Å². The van der Waals surface area contributed by atoms with Gasteiger partial charge in [-0.15, -0.1) is 0 Å². The first-order valence-corrected chi connectivity index (χ1v) is 8.86. The fourth-order valence-corrected chi connectivity index (χ4v) is 4.04. The molecule has 2 aromatic carbocycles. The molecule has 0 radical (unpaired) electrons. The van der Waals surface area contributed by atoms with E-state index in [0.29, 0.717) is 12.1 Å². The fraction of sp³-hybridized carbons (Fsp3) is 0.318. The van der Waals surface area contributed by atoms with Gasteiger partial charge in [-0.05, 0) is 48.4 Å². The Bertz CT molecular complexity index is 795. The molecule has 0 spiro atoms. The quantitative estimate of drug-likeness (QED) is 0.840. The number of hydrogen-bond donors (Lipinski definition) is 1. The first-order valence-electron chi connectivity index (χ1n) is 8.86. The van der Waals surface area contributed by atoms with Crippen molar-refractivity contribution in [1.29, 1.82) is 5.26 Å². The number of piperidine rings is 1. The van der Waals surface area contributed by atoms with Crippen molar-refractivity contribution in [2.45, 2.75) is 44.2 Å². The topological polar surface area (TPSA) is 35.8 Å². The maximum atomic E-state index is 9.27. The van der Waals surface area contributed by atoms with Crippen LogP contribution >= 0.6 is 0 Å². The molecule has 2 heterocycles. The Morgan fingerprint density at radius 1 is 1.04 bits per heavy atom. The second-order valence-electron chi connectivity index (χ2n) is 6.96. The van der Waals surface area contributed by atoms with Gasteiger partial charge in [-0.3, -0.25) is 0 Å². The zero-order valence-corrected chi connectivity index (χ0v) is 13.8. The van der Waals surface area contributed by atoms with Gasteiger partial charge in [0.15, 0.2) is 0 Å². The number of hydrogen-bond acceptors (Lipinski definition) is 2. The van der Waals surface area contributed by atoms with Gasteiger partial charge in [-0.1, -0.05) is 60.5 Å². The third kappa shape index (κ3) is 3.13. The molecule has 24 heavy (non-hydrogen) atoms. The van der Waals surface area contributed by atoms with Gasteiger partial charge in [0.2, 0.25) is 0 Å². The van der Waals surface area contributed by atoms with Crippen molar-refractivity contribution in [3.63, 3.8) is 0 Å². The molecule has 2 nitrogen and oxygen atoms in total. The molecule has 2 unspecified atom stereocenters. The first kappa shape index (κ1) is 15.2. The van der Waals surface area contributed by atoms with Gasteiger partial charge in [-0.25, -0.2) is 0 Å². The molecule has 0 saturated carbocycles. The number of nitriles is 1. The molecule has 2 aromatic rings. The molecule has 120 valence electrons. The van der Waals surface area contributed by atoms with Crippen LogP contribution in [-0.4, -0.2) is 12.1 Å². The Balaban J connectivity index is 1.52. The van der Waals surface area contributed by atoms with Gasteiger partial charge in [0.05, 0.1) is 11.6 Å². The van der Waals surface area contributed by atoms with E-state index in [1.165, 1.54) is 31.2 Å². The predicted octanol–water partition coefficient (Wildman–Crippen LogP) is 4.61. The molecular weight excluding hydrogens is 292 g/mol. The van der Waals surface area contributed by atoms with E-state index in [9.17, 15) is 5.26 Å². The molecule has 1 N–H and O–H groups in total. The van der Waals surface area contributed by atoms with Gasteiger partial charge in [0.1, 0.15) is 0 Å². The Labute approximate surface area is 143 Å². The molecule has 2 aliphatic rings. The highest BCUT2D eigenvalue weighted by Gasteiger charge is 2.25. The molecule has 2 bridgehead atoms. The van der Waals surface area contributed by atoms with E-state index in [4.69, 9.17) is 0 Å². The van der Waals surface area contributed by atoms with Crippen LogP contribution in [0.25, 0.3) is 11.1 Å². The Kier molecular flexibility index (Phi) is 4.19. The number of rotatable bonds is 3.